The third-order valence-electron chi connectivity index (χ3n) is 2.73. The highest BCUT2D eigenvalue weighted by Crippen LogP contribution is 2.17. The Morgan fingerprint density at radius 3 is 2.61 bits per heavy atom. The number of furan rings is 1. The third kappa shape index (κ3) is 3.53. The van der Waals surface area contributed by atoms with Crippen molar-refractivity contribution in [2.24, 2.45) is 11.7 Å². The molecule has 0 radical (unpaired) electrons. The van der Waals surface area contributed by atoms with Crippen molar-refractivity contribution >= 4 is 0 Å². The van der Waals surface area contributed by atoms with E-state index in [1.165, 1.54) is 0 Å². The summed E-state index contributed by atoms with van der Waals surface area (Å²) in [6, 6.07) is 10.5. The lowest BCUT2D eigenvalue weighted by Gasteiger charge is -2.14. The summed E-state index contributed by atoms with van der Waals surface area (Å²) >= 11 is 0. The first-order chi connectivity index (χ1) is 8.78. The lowest BCUT2D eigenvalue weighted by atomic mass is 10.1. The molecule has 1 aromatic heterocycles. The number of hydrogen-bond acceptors (Lipinski definition) is 4. The topological polar surface area (TPSA) is 68.6 Å². The van der Waals surface area contributed by atoms with Gasteiger partial charge in [0.2, 0.25) is 0 Å². The van der Waals surface area contributed by atoms with E-state index in [0.717, 1.165) is 17.9 Å². The zero-order chi connectivity index (χ0) is 12.8. The molecular weight excluding hydrogens is 230 g/mol. The van der Waals surface area contributed by atoms with Crippen LogP contribution in [0.1, 0.15) is 5.76 Å². The van der Waals surface area contributed by atoms with E-state index >= 15 is 0 Å². The molecule has 0 aliphatic heterocycles. The molecule has 0 bridgehead atoms. The van der Waals surface area contributed by atoms with Gasteiger partial charge < -0.3 is 20.0 Å². The summed E-state index contributed by atoms with van der Waals surface area (Å²) < 4.78 is 10.9. The number of nitrogens with two attached hydrogens (primary N) is 1. The molecule has 18 heavy (non-hydrogen) atoms. The maximum absolute atomic E-state index is 9.16. The first kappa shape index (κ1) is 12.5. The maximum Gasteiger partial charge on any atom is 0.119 e. The summed E-state index contributed by atoms with van der Waals surface area (Å²) in [6.07, 6.45) is 2.42. The smallest absolute Gasteiger partial charge is 0.119 e. The summed E-state index contributed by atoms with van der Waals surface area (Å²) in [5.74, 6) is 2.09. The van der Waals surface area contributed by atoms with Gasteiger partial charge in [0.15, 0.2) is 0 Å². The highest BCUT2D eigenvalue weighted by molar-refractivity contribution is 5.30. The van der Waals surface area contributed by atoms with Crippen LogP contribution < -0.4 is 10.5 Å². The number of aromatic hydroxyl groups is 1. The van der Waals surface area contributed by atoms with Crippen LogP contribution >= 0.6 is 0 Å². The molecule has 3 N–H and O–H groups in total. The van der Waals surface area contributed by atoms with Crippen molar-refractivity contribution in [2.45, 2.75) is 6.42 Å². The predicted molar refractivity (Wildman–Crippen MR) is 68.6 cm³/mol. The predicted octanol–water partition coefficient (Wildman–Crippen LogP) is 2.18. The fraction of sp³-hybridized carbons (Fsp3) is 0.286. The minimum absolute atomic E-state index is 0.213. The van der Waals surface area contributed by atoms with Crippen LogP contribution in [0.15, 0.2) is 47.1 Å². The minimum Gasteiger partial charge on any atom is -0.508 e. The first-order valence-corrected chi connectivity index (χ1v) is 5.92. The molecule has 0 amide bonds. The van der Waals surface area contributed by atoms with Crippen LogP contribution in [0.2, 0.25) is 0 Å². The second-order valence-electron chi connectivity index (χ2n) is 4.19. The monoisotopic (exact) mass is 247 g/mol. The second-order valence-corrected chi connectivity index (χ2v) is 4.19. The second kappa shape index (κ2) is 6.12. The van der Waals surface area contributed by atoms with Gasteiger partial charge in [-0.2, -0.15) is 0 Å². The normalized spacial score (nSPS) is 12.3. The molecular formula is C14H17NO3. The summed E-state index contributed by atoms with van der Waals surface area (Å²) in [5.41, 5.74) is 5.72. The molecule has 2 aromatic rings. The number of ether oxygens (including phenoxy) is 1. The van der Waals surface area contributed by atoms with Gasteiger partial charge in [-0.1, -0.05) is 0 Å². The van der Waals surface area contributed by atoms with Gasteiger partial charge in [0.05, 0.1) is 12.9 Å². The number of rotatable bonds is 6. The summed E-state index contributed by atoms with van der Waals surface area (Å²) in [6.45, 7) is 1.07. The molecule has 4 heteroatoms. The minimum atomic E-state index is 0.213. The highest BCUT2D eigenvalue weighted by Gasteiger charge is 2.10. The van der Waals surface area contributed by atoms with Gasteiger partial charge in [0, 0.05) is 12.3 Å². The quantitative estimate of drug-likeness (QED) is 0.821. The molecule has 1 unspecified atom stereocenters. The number of hydrogen-bond donors (Lipinski definition) is 2. The largest absolute Gasteiger partial charge is 0.508 e. The summed E-state index contributed by atoms with van der Waals surface area (Å²) in [4.78, 5) is 0. The summed E-state index contributed by atoms with van der Waals surface area (Å²) in [5, 5.41) is 9.16. The third-order valence-corrected chi connectivity index (χ3v) is 2.73. The molecule has 1 atom stereocenters. The van der Waals surface area contributed by atoms with E-state index in [0.29, 0.717) is 13.2 Å². The average Bonchev–Trinajstić information content (AvgIpc) is 2.89. The van der Waals surface area contributed by atoms with Gasteiger partial charge in [-0.3, -0.25) is 0 Å². The highest BCUT2D eigenvalue weighted by atomic mass is 16.5. The van der Waals surface area contributed by atoms with Crippen LogP contribution in [-0.4, -0.2) is 18.3 Å². The van der Waals surface area contributed by atoms with Crippen molar-refractivity contribution < 1.29 is 14.3 Å². The molecule has 0 spiro atoms. The molecule has 0 aliphatic carbocycles. The van der Waals surface area contributed by atoms with Crippen LogP contribution in [-0.2, 0) is 6.42 Å². The van der Waals surface area contributed by atoms with E-state index < -0.39 is 0 Å². The Morgan fingerprint density at radius 2 is 2.00 bits per heavy atom. The van der Waals surface area contributed by atoms with E-state index in [1.807, 2.05) is 12.1 Å². The van der Waals surface area contributed by atoms with Crippen LogP contribution in [0, 0.1) is 5.92 Å². The molecule has 2 rings (SSSR count). The van der Waals surface area contributed by atoms with Crippen molar-refractivity contribution in [3.8, 4) is 11.5 Å². The Morgan fingerprint density at radius 1 is 1.22 bits per heavy atom. The van der Waals surface area contributed by atoms with Crippen LogP contribution in [0.4, 0.5) is 0 Å². The first-order valence-electron chi connectivity index (χ1n) is 5.92. The van der Waals surface area contributed by atoms with Crippen molar-refractivity contribution in [3.63, 3.8) is 0 Å². The van der Waals surface area contributed by atoms with Gasteiger partial charge in [-0.15, -0.1) is 0 Å². The Balaban J connectivity index is 1.85. The van der Waals surface area contributed by atoms with Crippen LogP contribution in [0.25, 0.3) is 0 Å². The van der Waals surface area contributed by atoms with Gasteiger partial charge in [0.25, 0.3) is 0 Å². The molecule has 0 saturated carbocycles. The zero-order valence-electron chi connectivity index (χ0n) is 10.1. The standard InChI is InChI=1S/C14H17NO3/c15-9-11(8-14-2-1-7-17-14)10-18-13-5-3-12(16)4-6-13/h1-7,11,16H,8-10,15H2. The van der Waals surface area contributed by atoms with Crippen molar-refractivity contribution in [1.29, 1.82) is 0 Å². The molecule has 0 fully saturated rings. The summed E-state index contributed by atoms with van der Waals surface area (Å²) in [7, 11) is 0. The Hall–Kier alpha value is -1.94. The van der Waals surface area contributed by atoms with Gasteiger partial charge in [-0.25, -0.2) is 0 Å². The molecule has 0 aliphatic rings. The van der Waals surface area contributed by atoms with Gasteiger partial charge >= 0.3 is 0 Å². The molecule has 1 aromatic carbocycles. The van der Waals surface area contributed by atoms with Crippen LogP contribution in [0.3, 0.4) is 0 Å². The van der Waals surface area contributed by atoms with E-state index in [4.69, 9.17) is 20.0 Å². The molecule has 1 heterocycles. The molecule has 4 nitrogen and oxygen atoms in total. The fourth-order valence-electron chi connectivity index (χ4n) is 1.68. The Bertz CT molecular complexity index is 450. The Labute approximate surface area is 106 Å². The average molecular weight is 247 g/mol. The number of phenolic OH excluding ortho intramolecular Hbond substituents is 1. The Kier molecular flexibility index (Phi) is 4.25. The number of benzene rings is 1. The van der Waals surface area contributed by atoms with Gasteiger partial charge in [-0.05, 0) is 42.9 Å². The number of phenols is 1. The van der Waals surface area contributed by atoms with E-state index in [9.17, 15) is 0 Å². The maximum atomic E-state index is 9.16. The van der Waals surface area contributed by atoms with E-state index in [-0.39, 0.29) is 11.7 Å². The molecule has 0 saturated heterocycles. The van der Waals surface area contributed by atoms with Crippen LogP contribution in [0.5, 0.6) is 11.5 Å². The fourth-order valence-corrected chi connectivity index (χ4v) is 1.68. The van der Waals surface area contributed by atoms with Crippen molar-refractivity contribution in [2.75, 3.05) is 13.2 Å². The lowest BCUT2D eigenvalue weighted by molar-refractivity contribution is 0.245. The SMILES string of the molecule is NCC(COc1ccc(O)cc1)Cc1ccco1. The lowest BCUT2D eigenvalue weighted by Crippen LogP contribution is -2.23. The van der Waals surface area contributed by atoms with E-state index in [1.54, 1.807) is 30.5 Å². The zero-order valence-corrected chi connectivity index (χ0v) is 10.1. The van der Waals surface area contributed by atoms with E-state index in [2.05, 4.69) is 0 Å². The van der Waals surface area contributed by atoms with Crippen molar-refractivity contribution in [3.05, 3.63) is 48.4 Å². The van der Waals surface area contributed by atoms with Crippen molar-refractivity contribution in [1.82, 2.24) is 0 Å². The molecule has 96 valence electrons. The van der Waals surface area contributed by atoms with Gasteiger partial charge in [0.1, 0.15) is 17.3 Å².